The summed E-state index contributed by atoms with van der Waals surface area (Å²) in [6.45, 7) is 0. The number of esters is 1. The first-order valence-corrected chi connectivity index (χ1v) is 8.47. The molecule has 2 aromatic rings. The number of methoxy groups -OCH3 is 1. The zero-order valence-electron chi connectivity index (χ0n) is 14.2. The lowest BCUT2D eigenvalue weighted by atomic mass is 10.0. The fourth-order valence-corrected chi connectivity index (χ4v) is 3.31. The Morgan fingerprint density at radius 2 is 1.93 bits per heavy atom. The second kappa shape index (κ2) is 7.23. The van der Waals surface area contributed by atoms with Gasteiger partial charge in [-0.2, -0.15) is 13.2 Å². The molecule has 1 unspecified atom stereocenters. The van der Waals surface area contributed by atoms with Crippen molar-refractivity contribution in [2.45, 2.75) is 25.1 Å². The maximum atomic E-state index is 12.9. The summed E-state index contributed by atoms with van der Waals surface area (Å²) in [5, 5.41) is 2.64. The van der Waals surface area contributed by atoms with Gasteiger partial charge in [-0.1, -0.05) is 17.7 Å². The van der Waals surface area contributed by atoms with E-state index in [1.54, 1.807) is 18.2 Å². The molecule has 1 amide bonds. The van der Waals surface area contributed by atoms with Gasteiger partial charge in [0.1, 0.15) is 0 Å². The molecule has 1 aliphatic carbocycles. The van der Waals surface area contributed by atoms with Crippen molar-refractivity contribution in [1.82, 2.24) is 5.32 Å². The number of hydrogen-bond acceptors (Lipinski definition) is 3. The van der Waals surface area contributed by atoms with Crippen LogP contribution in [-0.4, -0.2) is 19.0 Å². The van der Waals surface area contributed by atoms with Gasteiger partial charge in [0.2, 0.25) is 0 Å². The van der Waals surface area contributed by atoms with Crippen LogP contribution in [0, 0.1) is 0 Å². The fourth-order valence-electron chi connectivity index (χ4n) is 3.11. The van der Waals surface area contributed by atoms with E-state index in [0.29, 0.717) is 18.4 Å². The Labute approximate surface area is 158 Å². The molecule has 1 N–H and O–H groups in total. The quantitative estimate of drug-likeness (QED) is 0.772. The highest BCUT2D eigenvalue weighted by Crippen LogP contribution is 2.34. The number of fused-ring (bicyclic) bond motifs is 1. The van der Waals surface area contributed by atoms with Crippen LogP contribution in [0.15, 0.2) is 36.4 Å². The number of amides is 1. The van der Waals surface area contributed by atoms with Gasteiger partial charge in [-0.3, -0.25) is 4.79 Å². The Kier molecular flexibility index (Phi) is 5.15. The zero-order chi connectivity index (χ0) is 19.8. The number of hydrogen-bond donors (Lipinski definition) is 1. The van der Waals surface area contributed by atoms with E-state index in [9.17, 15) is 22.8 Å². The summed E-state index contributed by atoms with van der Waals surface area (Å²) in [5.74, 6) is -1.21. The molecule has 27 heavy (non-hydrogen) atoms. The van der Waals surface area contributed by atoms with E-state index in [-0.39, 0.29) is 10.6 Å². The number of nitrogens with one attached hydrogen (secondary N) is 1. The van der Waals surface area contributed by atoms with Gasteiger partial charge in [0, 0.05) is 0 Å². The largest absolute Gasteiger partial charge is 0.465 e. The van der Waals surface area contributed by atoms with E-state index < -0.39 is 29.7 Å². The van der Waals surface area contributed by atoms with Crippen molar-refractivity contribution in [2.75, 3.05) is 7.11 Å². The average molecular weight is 398 g/mol. The van der Waals surface area contributed by atoms with Crippen molar-refractivity contribution < 1.29 is 27.5 Å². The molecule has 0 aliphatic heterocycles. The van der Waals surface area contributed by atoms with Gasteiger partial charge in [-0.15, -0.1) is 0 Å². The highest BCUT2D eigenvalue weighted by Gasteiger charge is 2.32. The number of ether oxygens (including phenoxy) is 1. The minimum Gasteiger partial charge on any atom is -0.465 e. The number of rotatable bonds is 3. The molecule has 0 fully saturated rings. The van der Waals surface area contributed by atoms with Crippen LogP contribution in [0.5, 0.6) is 0 Å². The van der Waals surface area contributed by atoms with E-state index >= 15 is 0 Å². The van der Waals surface area contributed by atoms with Crippen LogP contribution in [0.25, 0.3) is 0 Å². The van der Waals surface area contributed by atoms with E-state index in [2.05, 4.69) is 5.32 Å². The molecule has 4 nitrogen and oxygen atoms in total. The number of alkyl halides is 3. The maximum absolute atomic E-state index is 12.9. The van der Waals surface area contributed by atoms with Crippen molar-refractivity contribution >= 4 is 23.5 Å². The van der Waals surface area contributed by atoms with E-state index in [4.69, 9.17) is 16.3 Å². The number of benzene rings is 2. The summed E-state index contributed by atoms with van der Waals surface area (Å²) in [6, 6.07) is 7.24. The molecule has 0 saturated carbocycles. The van der Waals surface area contributed by atoms with E-state index in [1.165, 1.54) is 7.11 Å². The van der Waals surface area contributed by atoms with Crippen LogP contribution in [0.4, 0.5) is 13.2 Å². The van der Waals surface area contributed by atoms with Gasteiger partial charge in [-0.25, -0.2) is 4.79 Å². The van der Waals surface area contributed by atoms with Crippen molar-refractivity contribution in [1.29, 1.82) is 0 Å². The molecule has 3 rings (SSSR count). The fraction of sp³-hybridized carbons (Fsp3) is 0.263. The molecule has 0 spiro atoms. The third kappa shape index (κ3) is 3.93. The van der Waals surface area contributed by atoms with Crippen LogP contribution in [0.1, 0.15) is 49.9 Å². The normalized spacial score (nSPS) is 16.0. The summed E-state index contributed by atoms with van der Waals surface area (Å²) < 4.78 is 43.4. The molecule has 0 radical (unpaired) electrons. The monoisotopic (exact) mass is 397 g/mol. The maximum Gasteiger partial charge on any atom is 0.416 e. The average Bonchev–Trinajstić information content (AvgIpc) is 3.02. The molecule has 1 aliphatic rings. The summed E-state index contributed by atoms with van der Waals surface area (Å²) in [5.41, 5.74) is 0.854. The summed E-state index contributed by atoms with van der Waals surface area (Å²) >= 11 is 5.92. The highest BCUT2D eigenvalue weighted by molar-refractivity contribution is 6.33. The lowest BCUT2D eigenvalue weighted by molar-refractivity contribution is -0.137. The third-order valence-corrected chi connectivity index (χ3v) is 4.82. The van der Waals surface area contributed by atoms with E-state index in [1.807, 2.05) is 0 Å². The van der Waals surface area contributed by atoms with Crippen LogP contribution in [-0.2, 0) is 17.3 Å². The number of aryl methyl sites for hydroxylation is 1. The summed E-state index contributed by atoms with van der Waals surface area (Å²) in [7, 11) is 1.27. The molecule has 0 heterocycles. The number of carbonyl (C=O) groups is 2. The zero-order valence-corrected chi connectivity index (χ0v) is 14.9. The van der Waals surface area contributed by atoms with Crippen LogP contribution in [0.3, 0.4) is 0 Å². The van der Waals surface area contributed by atoms with Crippen molar-refractivity contribution in [3.63, 3.8) is 0 Å². The topological polar surface area (TPSA) is 55.4 Å². The second-order valence-electron chi connectivity index (χ2n) is 6.16. The molecule has 8 heteroatoms. The molecule has 0 aromatic heterocycles. The molecule has 142 valence electrons. The Morgan fingerprint density at radius 1 is 1.19 bits per heavy atom. The van der Waals surface area contributed by atoms with Gasteiger partial charge in [0.15, 0.2) is 0 Å². The second-order valence-corrected chi connectivity index (χ2v) is 6.57. The van der Waals surface area contributed by atoms with Crippen molar-refractivity contribution in [2.24, 2.45) is 0 Å². The predicted octanol–water partition coefficient (Wildman–Crippen LogP) is 4.56. The Balaban J connectivity index is 1.86. The summed E-state index contributed by atoms with van der Waals surface area (Å²) in [4.78, 5) is 24.2. The molecular weight excluding hydrogens is 383 g/mol. The minimum absolute atomic E-state index is 0.0676. The molecule has 2 aromatic carbocycles. The van der Waals surface area contributed by atoms with Crippen molar-refractivity contribution in [3.8, 4) is 0 Å². The van der Waals surface area contributed by atoms with Gasteiger partial charge in [-0.05, 0) is 54.3 Å². The van der Waals surface area contributed by atoms with Crippen LogP contribution >= 0.6 is 11.6 Å². The van der Waals surface area contributed by atoms with Gasteiger partial charge in [0.25, 0.3) is 5.91 Å². The Morgan fingerprint density at radius 3 is 2.59 bits per heavy atom. The third-order valence-electron chi connectivity index (χ3n) is 4.49. The SMILES string of the molecule is COC(=O)c1ccc2c(c1)C(NC(=O)c1cc(C(F)(F)F)ccc1Cl)CC2. The predicted molar refractivity (Wildman–Crippen MR) is 92.8 cm³/mol. The molecule has 0 bridgehead atoms. The lowest BCUT2D eigenvalue weighted by Gasteiger charge is -2.16. The standard InChI is InChI=1S/C19H15ClF3NO3/c1-27-18(26)11-3-2-10-4-7-16(13(10)8-11)24-17(25)14-9-12(19(21,22)23)5-6-15(14)20/h2-3,5-6,8-9,16H,4,7H2,1H3,(H,24,25). The first-order chi connectivity index (χ1) is 12.7. The molecule has 0 saturated heterocycles. The smallest absolute Gasteiger partial charge is 0.416 e. The molecular formula is C19H15ClF3NO3. The lowest BCUT2D eigenvalue weighted by Crippen LogP contribution is -2.28. The number of halogens is 4. The van der Waals surface area contributed by atoms with Crippen molar-refractivity contribution in [3.05, 3.63) is 69.2 Å². The summed E-state index contributed by atoms with van der Waals surface area (Å²) in [6.07, 6.45) is -3.32. The highest BCUT2D eigenvalue weighted by atomic mass is 35.5. The Bertz CT molecular complexity index is 912. The minimum atomic E-state index is -4.57. The first kappa shape index (κ1) is 19.2. The van der Waals surface area contributed by atoms with Gasteiger partial charge < -0.3 is 10.1 Å². The van der Waals surface area contributed by atoms with Gasteiger partial charge >= 0.3 is 12.1 Å². The van der Waals surface area contributed by atoms with Gasteiger partial charge in [0.05, 0.1) is 34.9 Å². The Hall–Kier alpha value is -2.54. The van der Waals surface area contributed by atoms with Crippen LogP contribution in [0.2, 0.25) is 5.02 Å². The first-order valence-electron chi connectivity index (χ1n) is 8.09. The molecule has 1 atom stereocenters. The van der Waals surface area contributed by atoms with E-state index in [0.717, 1.165) is 29.3 Å². The number of carbonyl (C=O) groups excluding carboxylic acids is 2. The van der Waals surface area contributed by atoms with Crippen LogP contribution < -0.4 is 5.32 Å².